The molecule has 2 saturated heterocycles. The number of likely N-dealkylation sites (N-methyl/N-ethyl adjacent to an activating group) is 3. The molecule has 112 valence electrons. The summed E-state index contributed by atoms with van der Waals surface area (Å²) in [6.07, 6.45) is 0.0173. The third-order valence-corrected chi connectivity index (χ3v) is 3.18. The van der Waals surface area contributed by atoms with Crippen molar-refractivity contribution in [1.29, 1.82) is 0 Å². The third-order valence-electron chi connectivity index (χ3n) is 3.18. The Morgan fingerprint density at radius 3 is 2.11 bits per heavy atom. The summed E-state index contributed by atoms with van der Waals surface area (Å²) >= 11 is 0. The minimum absolute atomic E-state index is 0. The Balaban J connectivity index is 0.00000162. The molecule has 19 heavy (non-hydrogen) atoms. The SMILES string of the molecule is CN(C)CC[NH+]=C1NC2C(N1)N(C)C(=O)N2C.O.[I-]. The number of hydrogen-bond acceptors (Lipinski definition) is 2. The highest BCUT2D eigenvalue weighted by Gasteiger charge is 2.51. The highest BCUT2D eigenvalue weighted by atomic mass is 127. The van der Waals surface area contributed by atoms with E-state index >= 15 is 0 Å². The monoisotopic (exact) mass is 386 g/mol. The number of fused-ring (bicyclic) bond motifs is 1. The van der Waals surface area contributed by atoms with Crippen LogP contribution in [0.25, 0.3) is 0 Å². The summed E-state index contributed by atoms with van der Waals surface area (Å²) in [6, 6.07) is 0.0346. The van der Waals surface area contributed by atoms with Crippen molar-refractivity contribution >= 4 is 12.0 Å². The van der Waals surface area contributed by atoms with Gasteiger partial charge in [-0.05, 0) is 14.1 Å². The fourth-order valence-corrected chi connectivity index (χ4v) is 2.11. The maximum absolute atomic E-state index is 11.7. The Morgan fingerprint density at radius 1 is 1.21 bits per heavy atom. The van der Waals surface area contributed by atoms with Crippen molar-refractivity contribution < 1.29 is 39.2 Å². The number of rotatable bonds is 3. The topological polar surface area (TPSA) is 96.3 Å². The number of nitrogens with one attached hydrogen (secondary N) is 3. The first-order chi connectivity index (χ1) is 8.00. The van der Waals surface area contributed by atoms with Gasteiger partial charge in [0.05, 0.1) is 6.54 Å². The van der Waals surface area contributed by atoms with Crippen LogP contribution in [0, 0.1) is 0 Å². The van der Waals surface area contributed by atoms with Gasteiger partial charge in [-0.2, -0.15) is 0 Å². The molecule has 5 N–H and O–H groups in total. The van der Waals surface area contributed by atoms with Gasteiger partial charge in [0.2, 0.25) is 12.3 Å². The molecular weight excluding hydrogens is 363 g/mol. The lowest BCUT2D eigenvalue weighted by Gasteiger charge is -2.13. The predicted octanol–water partition coefficient (Wildman–Crippen LogP) is -6.99. The van der Waals surface area contributed by atoms with Crippen molar-refractivity contribution in [1.82, 2.24) is 25.3 Å². The summed E-state index contributed by atoms with van der Waals surface area (Å²) in [7, 11) is 7.69. The quantitative estimate of drug-likeness (QED) is 0.420. The molecule has 2 aliphatic rings. The van der Waals surface area contributed by atoms with E-state index in [-0.39, 0.29) is 47.8 Å². The zero-order chi connectivity index (χ0) is 12.6. The largest absolute Gasteiger partial charge is 1.00 e. The lowest BCUT2D eigenvalue weighted by molar-refractivity contribution is -0.461. The van der Waals surface area contributed by atoms with Crippen LogP contribution < -0.4 is 39.6 Å². The Bertz CT molecular complexity index is 329. The minimum Gasteiger partial charge on any atom is -1.00 e. The van der Waals surface area contributed by atoms with E-state index in [4.69, 9.17) is 0 Å². The molecule has 2 aliphatic heterocycles. The van der Waals surface area contributed by atoms with Gasteiger partial charge in [-0.15, -0.1) is 0 Å². The summed E-state index contributed by atoms with van der Waals surface area (Å²) in [5.74, 6) is 0.896. The first kappa shape index (κ1) is 18.2. The first-order valence-corrected chi connectivity index (χ1v) is 5.79. The lowest BCUT2D eigenvalue weighted by atomic mass is 10.4. The molecule has 0 aromatic heterocycles. The van der Waals surface area contributed by atoms with Crippen molar-refractivity contribution in [2.24, 2.45) is 0 Å². The van der Waals surface area contributed by atoms with Gasteiger partial charge in [-0.3, -0.25) is 25.4 Å². The van der Waals surface area contributed by atoms with E-state index in [1.807, 2.05) is 14.1 Å². The number of nitrogens with zero attached hydrogens (tertiary/aromatic N) is 3. The van der Waals surface area contributed by atoms with E-state index in [0.717, 1.165) is 19.0 Å². The molecule has 8 nitrogen and oxygen atoms in total. The molecule has 9 heteroatoms. The van der Waals surface area contributed by atoms with Crippen LogP contribution in [0.2, 0.25) is 0 Å². The number of carbonyl (C=O) groups is 1. The molecule has 2 atom stereocenters. The fraction of sp³-hybridized carbons (Fsp3) is 0.800. The molecule has 2 fully saturated rings. The average Bonchev–Trinajstić information content (AvgIpc) is 2.76. The van der Waals surface area contributed by atoms with Crippen LogP contribution in [0.1, 0.15) is 0 Å². The van der Waals surface area contributed by atoms with E-state index < -0.39 is 0 Å². The van der Waals surface area contributed by atoms with Gasteiger partial charge in [0.1, 0.15) is 0 Å². The van der Waals surface area contributed by atoms with Crippen LogP contribution in [0.5, 0.6) is 0 Å². The second kappa shape index (κ2) is 7.10. The molecule has 2 amide bonds. The number of guanidine groups is 1. The van der Waals surface area contributed by atoms with E-state index in [2.05, 4.69) is 20.5 Å². The predicted molar refractivity (Wildman–Crippen MR) is 67.8 cm³/mol. The Morgan fingerprint density at radius 2 is 1.68 bits per heavy atom. The second-order valence-electron chi connectivity index (χ2n) is 4.79. The lowest BCUT2D eigenvalue weighted by Crippen LogP contribution is -3.00. The highest BCUT2D eigenvalue weighted by Crippen LogP contribution is 2.18. The summed E-state index contributed by atoms with van der Waals surface area (Å²) in [6.45, 7) is 1.83. The van der Waals surface area contributed by atoms with Crippen LogP contribution in [-0.2, 0) is 0 Å². The molecular formula is C10H23IN6O2. The summed E-state index contributed by atoms with van der Waals surface area (Å²) < 4.78 is 0. The van der Waals surface area contributed by atoms with Gasteiger partial charge in [0.25, 0.3) is 0 Å². The molecule has 0 aromatic rings. The van der Waals surface area contributed by atoms with Crippen molar-refractivity contribution in [3.63, 3.8) is 0 Å². The average molecular weight is 386 g/mol. The van der Waals surface area contributed by atoms with Gasteiger partial charge in [-0.25, -0.2) is 4.79 Å². The van der Waals surface area contributed by atoms with E-state index in [1.54, 1.807) is 23.9 Å². The standard InChI is InChI=1S/C10H20N6O.HI.H2O/c1-14(2)6-5-11-9-12-7-8(13-9)16(4)10(17)15(7)3;;/h7-8H,5-6H2,1-4H3,(H2,11,12,13);1H;1H2. The van der Waals surface area contributed by atoms with Crippen molar-refractivity contribution in [3.8, 4) is 0 Å². The fourth-order valence-electron chi connectivity index (χ4n) is 2.11. The molecule has 2 heterocycles. The Kier molecular flexibility index (Phi) is 6.80. The second-order valence-corrected chi connectivity index (χ2v) is 4.79. The van der Waals surface area contributed by atoms with Gasteiger partial charge < -0.3 is 34.4 Å². The maximum Gasteiger partial charge on any atom is 0.347 e. The number of carbonyl (C=O) groups excluding carboxylic acids is 1. The zero-order valence-electron chi connectivity index (χ0n) is 11.7. The molecule has 0 aromatic carbocycles. The van der Waals surface area contributed by atoms with Crippen LogP contribution in [0.4, 0.5) is 4.79 Å². The molecule has 2 unspecified atom stereocenters. The van der Waals surface area contributed by atoms with E-state index in [0.29, 0.717) is 0 Å². The number of hydrogen-bond donors (Lipinski definition) is 3. The van der Waals surface area contributed by atoms with E-state index in [1.165, 1.54) is 0 Å². The van der Waals surface area contributed by atoms with Crippen LogP contribution >= 0.6 is 0 Å². The van der Waals surface area contributed by atoms with E-state index in [9.17, 15) is 4.79 Å². The summed E-state index contributed by atoms with van der Waals surface area (Å²) in [4.78, 5) is 20.5. The maximum atomic E-state index is 11.7. The molecule has 0 bridgehead atoms. The molecule has 0 spiro atoms. The van der Waals surface area contributed by atoms with Crippen LogP contribution in [0.15, 0.2) is 0 Å². The third kappa shape index (κ3) is 3.60. The van der Waals surface area contributed by atoms with Crippen molar-refractivity contribution in [3.05, 3.63) is 0 Å². The normalized spacial score (nSPS) is 24.5. The smallest absolute Gasteiger partial charge is 0.347 e. The summed E-state index contributed by atoms with van der Waals surface area (Å²) in [5, 5.41) is 6.55. The molecule has 0 saturated carbocycles. The molecule has 2 rings (SSSR count). The number of amides is 2. The summed E-state index contributed by atoms with van der Waals surface area (Å²) in [5.41, 5.74) is 0. The van der Waals surface area contributed by atoms with Gasteiger partial charge in [-0.1, -0.05) is 0 Å². The van der Waals surface area contributed by atoms with Gasteiger partial charge in [0, 0.05) is 20.6 Å². The Hall–Kier alpha value is -0.810. The number of urea groups is 1. The minimum atomic E-state index is 0. The molecule has 0 radical (unpaired) electrons. The first-order valence-electron chi connectivity index (χ1n) is 5.79. The Labute approximate surface area is 130 Å². The van der Waals surface area contributed by atoms with Gasteiger partial charge in [0.15, 0.2) is 0 Å². The highest BCUT2D eigenvalue weighted by molar-refractivity contribution is 5.84. The van der Waals surface area contributed by atoms with Crippen molar-refractivity contribution in [2.45, 2.75) is 12.3 Å². The molecule has 0 aliphatic carbocycles. The zero-order valence-corrected chi connectivity index (χ0v) is 13.9. The van der Waals surface area contributed by atoms with Crippen LogP contribution in [0.3, 0.4) is 0 Å². The van der Waals surface area contributed by atoms with Gasteiger partial charge >= 0.3 is 12.0 Å². The van der Waals surface area contributed by atoms with Crippen molar-refractivity contribution in [2.75, 3.05) is 41.3 Å². The number of halogens is 1. The van der Waals surface area contributed by atoms with Crippen LogP contribution in [-0.4, -0.2) is 85.8 Å².